The van der Waals surface area contributed by atoms with E-state index in [0.29, 0.717) is 0 Å². The molecule has 3 atom stereocenters. The highest BCUT2D eigenvalue weighted by atomic mass is 16.8. The summed E-state index contributed by atoms with van der Waals surface area (Å²) in [7, 11) is 0. The number of allylic oxidation sites excluding steroid dienone is 2. The van der Waals surface area contributed by atoms with E-state index in [4.69, 9.17) is 14.2 Å². The number of rotatable bonds is 2. The average Bonchev–Trinajstić information content (AvgIpc) is 2.53. The molecule has 0 aromatic rings. The van der Waals surface area contributed by atoms with Crippen molar-refractivity contribution in [2.45, 2.75) is 44.6 Å². The van der Waals surface area contributed by atoms with Gasteiger partial charge < -0.3 is 14.2 Å². The molecule has 2 fully saturated rings. The molecule has 0 saturated carbocycles. The second-order valence-corrected chi connectivity index (χ2v) is 4.07. The molecule has 2 aliphatic heterocycles. The Morgan fingerprint density at radius 1 is 1.36 bits per heavy atom. The van der Waals surface area contributed by atoms with E-state index < -0.39 is 5.79 Å². The van der Waals surface area contributed by atoms with Crippen molar-refractivity contribution in [2.24, 2.45) is 0 Å². The van der Waals surface area contributed by atoms with Crippen molar-refractivity contribution in [3.05, 3.63) is 24.8 Å². The molecule has 3 nitrogen and oxygen atoms in total. The molecule has 0 aliphatic carbocycles. The van der Waals surface area contributed by atoms with Crippen molar-refractivity contribution in [2.75, 3.05) is 0 Å². The van der Waals surface area contributed by atoms with Crippen molar-refractivity contribution in [3.8, 4) is 0 Å². The van der Waals surface area contributed by atoms with Crippen LogP contribution in [0.25, 0.3) is 0 Å². The minimum atomic E-state index is -0.498. The quantitative estimate of drug-likeness (QED) is 0.632. The van der Waals surface area contributed by atoms with Crippen LogP contribution < -0.4 is 0 Å². The van der Waals surface area contributed by atoms with Gasteiger partial charge in [0.05, 0.1) is 6.10 Å². The van der Waals surface area contributed by atoms with Gasteiger partial charge in [-0.25, -0.2) is 0 Å². The van der Waals surface area contributed by atoms with E-state index in [2.05, 4.69) is 6.58 Å². The second kappa shape index (κ2) is 3.50. The predicted octanol–water partition coefficient (Wildman–Crippen LogP) is 2.00. The third kappa shape index (κ3) is 1.90. The van der Waals surface area contributed by atoms with Gasteiger partial charge in [0.2, 0.25) is 0 Å². The lowest BCUT2D eigenvalue weighted by atomic mass is 10.2. The predicted molar refractivity (Wildman–Crippen MR) is 52.7 cm³/mol. The Morgan fingerprint density at radius 3 is 2.79 bits per heavy atom. The van der Waals surface area contributed by atoms with Crippen LogP contribution in [0, 0.1) is 0 Å². The molecule has 0 spiro atoms. The molecule has 0 radical (unpaired) electrons. The van der Waals surface area contributed by atoms with E-state index in [0.717, 1.165) is 6.42 Å². The van der Waals surface area contributed by atoms with E-state index in [1.807, 2.05) is 26.0 Å². The molecule has 78 valence electrons. The SMILES string of the molecule is C=C/C=C\[C@@H]1C[C@H]2OC(C)(C)O[C@H]2O1. The standard InChI is InChI=1S/C11H16O3/c1-4-5-6-8-7-9-10(12-8)14-11(2,3)13-9/h4-6,8-10H,1,7H2,2-3H3/b6-5-/t8-,9-,10-/m1/s1. The van der Waals surface area contributed by atoms with E-state index in [1.54, 1.807) is 6.08 Å². The summed E-state index contributed by atoms with van der Waals surface area (Å²) >= 11 is 0. The molecule has 2 saturated heterocycles. The molecule has 0 aromatic carbocycles. The van der Waals surface area contributed by atoms with Crippen LogP contribution in [0.2, 0.25) is 0 Å². The summed E-state index contributed by atoms with van der Waals surface area (Å²) in [6, 6.07) is 0. The summed E-state index contributed by atoms with van der Waals surface area (Å²) < 4.78 is 16.9. The topological polar surface area (TPSA) is 27.7 Å². The molecule has 0 N–H and O–H groups in total. The molecule has 0 bridgehead atoms. The summed E-state index contributed by atoms with van der Waals surface area (Å²) in [4.78, 5) is 0. The largest absolute Gasteiger partial charge is 0.342 e. The van der Waals surface area contributed by atoms with Crippen molar-refractivity contribution in [3.63, 3.8) is 0 Å². The molecule has 2 aliphatic rings. The van der Waals surface area contributed by atoms with Crippen LogP contribution in [0.3, 0.4) is 0 Å². The van der Waals surface area contributed by atoms with Crippen LogP contribution in [0.15, 0.2) is 24.8 Å². The first kappa shape index (κ1) is 9.90. The molecule has 3 heteroatoms. The number of hydrogen-bond acceptors (Lipinski definition) is 3. The Balaban J connectivity index is 1.93. The minimum Gasteiger partial charge on any atom is -0.342 e. The van der Waals surface area contributed by atoms with Gasteiger partial charge in [-0.1, -0.05) is 24.8 Å². The van der Waals surface area contributed by atoms with E-state index in [9.17, 15) is 0 Å². The molecular formula is C11H16O3. The van der Waals surface area contributed by atoms with Crippen LogP contribution in [0.1, 0.15) is 20.3 Å². The highest BCUT2D eigenvalue weighted by molar-refractivity contribution is 5.04. The Bertz CT molecular complexity index is 241. The zero-order valence-electron chi connectivity index (χ0n) is 8.60. The second-order valence-electron chi connectivity index (χ2n) is 4.07. The Kier molecular flexibility index (Phi) is 2.47. The normalized spacial score (nSPS) is 40.3. The van der Waals surface area contributed by atoms with Crippen molar-refractivity contribution in [1.29, 1.82) is 0 Å². The number of hydrogen-bond donors (Lipinski definition) is 0. The molecule has 0 amide bonds. The molecular weight excluding hydrogens is 180 g/mol. The summed E-state index contributed by atoms with van der Waals surface area (Å²) in [5.74, 6) is -0.498. The van der Waals surface area contributed by atoms with Gasteiger partial charge in [-0.2, -0.15) is 0 Å². The lowest BCUT2D eigenvalue weighted by Crippen LogP contribution is -2.24. The highest BCUT2D eigenvalue weighted by Crippen LogP contribution is 2.37. The third-order valence-corrected chi connectivity index (χ3v) is 2.37. The molecule has 0 unspecified atom stereocenters. The summed E-state index contributed by atoms with van der Waals surface area (Å²) in [6.07, 6.45) is 6.43. The zero-order chi connectivity index (χ0) is 10.2. The average molecular weight is 196 g/mol. The van der Waals surface area contributed by atoms with Crippen molar-refractivity contribution >= 4 is 0 Å². The maximum Gasteiger partial charge on any atom is 0.187 e. The Labute approximate surface area is 84.3 Å². The van der Waals surface area contributed by atoms with Crippen molar-refractivity contribution < 1.29 is 14.2 Å². The first-order valence-corrected chi connectivity index (χ1v) is 4.91. The minimum absolute atomic E-state index is 0.0736. The zero-order valence-corrected chi connectivity index (χ0v) is 8.60. The van der Waals surface area contributed by atoms with Crippen LogP contribution in [0.5, 0.6) is 0 Å². The van der Waals surface area contributed by atoms with Gasteiger partial charge in [0, 0.05) is 6.42 Å². The van der Waals surface area contributed by atoms with Gasteiger partial charge in [0.15, 0.2) is 12.1 Å². The van der Waals surface area contributed by atoms with E-state index >= 15 is 0 Å². The number of ether oxygens (including phenoxy) is 3. The fourth-order valence-corrected chi connectivity index (χ4v) is 1.86. The van der Waals surface area contributed by atoms with Crippen LogP contribution in [0.4, 0.5) is 0 Å². The lowest BCUT2D eigenvalue weighted by Gasteiger charge is -2.19. The maximum atomic E-state index is 5.68. The van der Waals surface area contributed by atoms with E-state index in [1.165, 1.54) is 0 Å². The Hall–Kier alpha value is -0.640. The van der Waals surface area contributed by atoms with Gasteiger partial charge in [-0.15, -0.1) is 0 Å². The number of fused-ring (bicyclic) bond motifs is 1. The summed E-state index contributed by atoms with van der Waals surface area (Å²) in [5.41, 5.74) is 0. The van der Waals surface area contributed by atoms with Crippen LogP contribution in [-0.2, 0) is 14.2 Å². The molecule has 0 aromatic heterocycles. The van der Waals surface area contributed by atoms with Crippen LogP contribution >= 0.6 is 0 Å². The third-order valence-electron chi connectivity index (χ3n) is 2.37. The fraction of sp³-hybridized carbons (Fsp3) is 0.636. The van der Waals surface area contributed by atoms with Crippen LogP contribution in [-0.4, -0.2) is 24.3 Å². The smallest absolute Gasteiger partial charge is 0.187 e. The molecule has 14 heavy (non-hydrogen) atoms. The first-order valence-electron chi connectivity index (χ1n) is 4.91. The maximum absolute atomic E-state index is 5.68. The Morgan fingerprint density at radius 2 is 2.14 bits per heavy atom. The highest BCUT2D eigenvalue weighted by Gasteiger charge is 2.47. The van der Waals surface area contributed by atoms with Crippen molar-refractivity contribution in [1.82, 2.24) is 0 Å². The summed E-state index contributed by atoms with van der Waals surface area (Å²) in [5, 5.41) is 0. The molecule has 2 rings (SSSR count). The fourth-order valence-electron chi connectivity index (χ4n) is 1.86. The molecule has 2 heterocycles. The van der Waals surface area contributed by atoms with Gasteiger partial charge >= 0.3 is 0 Å². The first-order chi connectivity index (χ1) is 6.61. The monoisotopic (exact) mass is 196 g/mol. The van der Waals surface area contributed by atoms with Gasteiger partial charge in [0.1, 0.15) is 6.10 Å². The lowest BCUT2D eigenvalue weighted by molar-refractivity contribution is -0.199. The van der Waals surface area contributed by atoms with Gasteiger partial charge in [0.25, 0.3) is 0 Å². The van der Waals surface area contributed by atoms with E-state index in [-0.39, 0.29) is 18.5 Å². The van der Waals surface area contributed by atoms with Gasteiger partial charge in [-0.3, -0.25) is 0 Å². The van der Waals surface area contributed by atoms with Gasteiger partial charge in [-0.05, 0) is 13.8 Å². The summed E-state index contributed by atoms with van der Waals surface area (Å²) in [6.45, 7) is 7.42.